The van der Waals surface area contributed by atoms with Gasteiger partial charge in [-0.25, -0.2) is 4.68 Å². The number of hydrogen-bond donors (Lipinski definition) is 1. The van der Waals surface area contributed by atoms with Gasteiger partial charge in [-0.1, -0.05) is 11.1 Å². The van der Waals surface area contributed by atoms with E-state index in [1.807, 2.05) is 0 Å². The van der Waals surface area contributed by atoms with Crippen LogP contribution in [0.2, 0.25) is 0 Å². The number of aryl methyl sites for hydroxylation is 1. The van der Waals surface area contributed by atoms with Crippen LogP contribution in [-0.4, -0.2) is 26.5 Å². The molecule has 2 aromatic rings. The number of hydrogen-bond acceptors (Lipinski definition) is 6. The summed E-state index contributed by atoms with van der Waals surface area (Å²) in [4.78, 5) is 16.0. The minimum absolute atomic E-state index is 0.138. The van der Waals surface area contributed by atoms with E-state index in [9.17, 15) is 4.79 Å². The summed E-state index contributed by atoms with van der Waals surface area (Å²) < 4.78 is 6.59. The molecule has 104 valence electrons. The zero-order chi connectivity index (χ0) is 14.5. The molecule has 0 aliphatic rings. The van der Waals surface area contributed by atoms with Gasteiger partial charge in [-0.15, -0.1) is 6.42 Å². The molecular formula is C12H12BrN5O2. The van der Waals surface area contributed by atoms with Gasteiger partial charge in [-0.2, -0.15) is 10.1 Å². The maximum absolute atomic E-state index is 11.9. The van der Waals surface area contributed by atoms with Crippen molar-refractivity contribution in [2.24, 2.45) is 0 Å². The third kappa shape index (κ3) is 3.24. The van der Waals surface area contributed by atoms with Crippen LogP contribution in [0.4, 0.5) is 5.69 Å². The molecule has 2 heterocycles. The monoisotopic (exact) mass is 337 g/mol. The van der Waals surface area contributed by atoms with Crippen molar-refractivity contribution in [1.29, 1.82) is 0 Å². The van der Waals surface area contributed by atoms with Gasteiger partial charge in [0, 0.05) is 13.0 Å². The fourth-order valence-electron chi connectivity index (χ4n) is 1.53. The Morgan fingerprint density at radius 3 is 3.05 bits per heavy atom. The first-order valence-corrected chi connectivity index (χ1v) is 6.63. The Hall–Kier alpha value is -2.14. The average molecular weight is 338 g/mol. The van der Waals surface area contributed by atoms with E-state index in [0.717, 1.165) is 0 Å². The second-order valence-electron chi connectivity index (χ2n) is 3.95. The van der Waals surface area contributed by atoms with Crippen molar-refractivity contribution in [3.8, 4) is 12.3 Å². The highest BCUT2D eigenvalue weighted by molar-refractivity contribution is 9.10. The lowest BCUT2D eigenvalue weighted by atomic mass is 10.4. The molecular weight excluding hydrogens is 326 g/mol. The molecule has 0 unspecified atom stereocenters. The molecule has 0 saturated carbocycles. The Bertz CT molecular complexity index is 701. The lowest BCUT2D eigenvalue weighted by molar-refractivity contribution is 0.377. The number of rotatable bonds is 5. The van der Waals surface area contributed by atoms with Gasteiger partial charge < -0.3 is 9.84 Å². The average Bonchev–Trinajstić information content (AvgIpc) is 2.84. The fraction of sp³-hybridized carbons (Fsp3) is 0.333. The number of nitrogens with zero attached hydrogens (tertiary/aromatic N) is 4. The van der Waals surface area contributed by atoms with Crippen LogP contribution in [-0.2, 0) is 13.0 Å². The highest BCUT2D eigenvalue weighted by Crippen LogP contribution is 2.15. The summed E-state index contributed by atoms with van der Waals surface area (Å²) in [6, 6.07) is 0. The molecule has 0 aliphatic heterocycles. The molecule has 1 N–H and O–H groups in total. The number of aromatic nitrogens is 4. The van der Waals surface area contributed by atoms with Crippen LogP contribution in [0.1, 0.15) is 11.7 Å². The molecule has 0 fully saturated rings. The summed E-state index contributed by atoms with van der Waals surface area (Å²) in [6.45, 7) is 2.44. The van der Waals surface area contributed by atoms with Gasteiger partial charge in [0.25, 0.3) is 5.56 Å². The summed E-state index contributed by atoms with van der Waals surface area (Å²) in [5.41, 5.74) is 0.320. The zero-order valence-electron chi connectivity index (χ0n) is 10.8. The smallest absolute Gasteiger partial charge is 0.284 e. The van der Waals surface area contributed by atoms with Crippen molar-refractivity contribution < 1.29 is 4.52 Å². The standard InChI is InChI=1S/C12H12BrN5O2/c1-3-6-18-12(19)11(13)9(7-15-18)14-5-4-10-16-8(2)17-20-10/h1,7,14H,4-6H2,2H3. The van der Waals surface area contributed by atoms with Crippen LogP contribution >= 0.6 is 15.9 Å². The van der Waals surface area contributed by atoms with E-state index in [-0.39, 0.29) is 12.1 Å². The molecule has 0 radical (unpaired) electrons. The first kappa shape index (κ1) is 14.3. The Labute approximate surface area is 123 Å². The van der Waals surface area contributed by atoms with Gasteiger partial charge >= 0.3 is 0 Å². The third-order valence-corrected chi connectivity index (χ3v) is 3.22. The zero-order valence-corrected chi connectivity index (χ0v) is 12.3. The summed E-state index contributed by atoms with van der Waals surface area (Å²) in [5.74, 6) is 3.51. The van der Waals surface area contributed by atoms with Crippen molar-refractivity contribution in [2.45, 2.75) is 19.9 Å². The molecule has 0 spiro atoms. The number of anilines is 1. The molecule has 0 aliphatic carbocycles. The van der Waals surface area contributed by atoms with Gasteiger partial charge in [0.2, 0.25) is 5.89 Å². The van der Waals surface area contributed by atoms with Crippen LogP contribution in [0.25, 0.3) is 0 Å². The Kier molecular flexibility index (Phi) is 4.53. The number of nitrogens with one attached hydrogen (secondary N) is 1. The van der Waals surface area contributed by atoms with E-state index in [1.54, 1.807) is 13.1 Å². The molecule has 0 atom stereocenters. The van der Waals surface area contributed by atoms with Crippen molar-refractivity contribution in [2.75, 3.05) is 11.9 Å². The second kappa shape index (κ2) is 6.34. The van der Waals surface area contributed by atoms with E-state index in [4.69, 9.17) is 10.9 Å². The van der Waals surface area contributed by atoms with Crippen LogP contribution in [0, 0.1) is 19.3 Å². The summed E-state index contributed by atoms with van der Waals surface area (Å²) in [5, 5.41) is 10.8. The van der Waals surface area contributed by atoms with E-state index in [0.29, 0.717) is 34.8 Å². The van der Waals surface area contributed by atoms with Gasteiger partial charge in [-0.3, -0.25) is 4.79 Å². The third-order valence-electron chi connectivity index (χ3n) is 2.45. The van der Waals surface area contributed by atoms with Crippen molar-refractivity contribution in [1.82, 2.24) is 19.9 Å². The maximum atomic E-state index is 11.9. The van der Waals surface area contributed by atoms with Crippen molar-refractivity contribution in [3.63, 3.8) is 0 Å². The molecule has 0 amide bonds. The second-order valence-corrected chi connectivity index (χ2v) is 4.74. The minimum atomic E-state index is -0.276. The van der Waals surface area contributed by atoms with Crippen molar-refractivity contribution in [3.05, 3.63) is 32.7 Å². The molecule has 8 heteroatoms. The minimum Gasteiger partial charge on any atom is -0.382 e. The van der Waals surface area contributed by atoms with Gasteiger partial charge in [-0.05, 0) is 22.9 Å². The largest absolute Gasteiger partial charge is 0.382 e. The molecule has 0 bridgehead atoms. The number of terminal acetylenes is 1. The van der Waals surface area contributed by atoms with Crippen LogP contribution < -0.4 is 10.9 Å². The lowest BCUT2D eigenvalue weighted by Crippen LogP contribution is -2.24. The molecule has 2 rings (SSSR count). The fourth-order valence-corrected chi connectivity index (χ4v) is 1.98. The highest BCUT2D eigenvalue weighted by atomic mass is 79.9. The first-order valence-electron chi connectivity index (χ1n) is 5.84. The van der Waals surface area contributed by atoms with Gasteiger partial charge in [0.05, 0.1) is 11.9 Å². The highest BCUT2D eigenvalue weighted by Gasteiger charge is 2.08. The van der Waals surface area contributed by atoms with E-state index >= 15 is 0 Å². The predicted molar refractivity (Wildman–Crippen MR) is 76.3 cm³/mol. The van der Waals surface area contributed by atoms with E-state index in [2.05, 4.69) is 42.4 Å². The summed E-state index contributed by atoms with van der Waals surface area (Å²) >= 11 is 3.24. The first-order chi connectivity index (χ1) is 9.61. The molecule has 0 saturated heterocycles. The Morgan fingerprint density at radius 1 is 1.60 bits per heavy atom. The SMILES string of the molecule is C#CCn1ncc(NCCc2nc(C)no2)c(Br)c1=O. The maximum Gasteiger partial charge on any atom is 0.284 e. The quantitative estimate of drug-likeness (QED) is 0.818. The van der Waals surface area contributed by atoms with Gasteiger partial charge in [0.1, 0.15) is 11.0 Å². The van der Waals surface area contributed by atoms with Crippen LogP contribution in [0.3, 0.4) is 0 Å². The Balaban J connectivity index is 2.02. The Morgan fingerprint density at radius 2 is 2.40 bits per heavy atom. The van der Waals surface area contributed by atoms with E-state index in [1.165, 1.54) is 4.68 Å². The summed E-state index contributed by atoms with van der Waals surface area (Å²) in [7, 11) is 0. The molecule has 20 heavy (non-hydrogen) atoms. The topological polar surface area (TPSA) is 85.8 Å². The van der Waals surface area contributed by atoms with Gasteiger partial charge in [0.15, 0.2) is 5.82 Å². The lowest BCUT2D eigenvalue weighted by Gasteiger charge is -2.08. The van der Waals surface area contributed by atoms with Crippen LogP contribution in [0.15, 0.2) is 20.0 Å². The molecule has 0 aromatic carbocycles. The molecule has 2 aromatic heterocycles. The van der Waals surface area contributed by atoms with Crippen LogP contribution in [0.5, 0.6) is 0 Å². The van der Waals surface area contributed by atoms with Crippen molar-refractivity contribution >= 4 is 21.6 Å². The summed E-state index contributed by atoms with van der Waals surface area (Å²) in [6.07, 6.45) is 7.26. The normalized spacial score (nSPS) is 10.2. The number of halogens is 1. The predicted octanol–water partition coefficient (Wildman–Crippen LogP) is 0.985. The molecule has 7 nitrogen and oxygen atoms in total. The van der Waals surface area contributed by atoms with E-state index < -0.39 is 0 Å².